The Kier molecular flexibility index (Phi) is 3.85. The molecule has 2 heterocycles. The average molecular weight is 249 g/mol. The highest BCUT2D eigenvalue weighted by atomic mass is 16.1. The van der Waals surface area contributed by atoms with Crippen molar-refractivity contribution in [3.8, 4) is 0 Å². The van der Waals surface area contributed by atoms with Gasteiger partial charge in [-0.1, -0.05) is 6.92 Å². The van der Waals surface area contributed by atoms with Crippen LogP contribution in [0.4, 0.5) is 0 Å². The van der Waals surface area contributed by atoms with Crippen LogP contribution in [0.5, 0.6) is 0 Å². The van der Waals surface area contributed by atoms with E-state index in [4.69, 9.17) is 0 Å². The Balaban J connectivity index is 2.13. The van der Waals surface area contributed by atoms with Gasteiger partial charge in [-0.2, -0.15) is 5.10 Å². The van der Waals surface area contributed by atoms with Crippen LogP contribution in [0.15, 0.2) is 6.07 Å². The molecule has 0 spiro atoms. The van der Waals surface area contributed by atoms with Gasteiger partial charge in [-0.05, 0) is 45.7 Å². The molecule has 1 atom stereocenters. The number of rotatable bonds is 5. The fraction of sp³-hybridized carbons (Fsp3) is 0.714. The first-order valence-electron chi connectivity index (χ1n) is 6.93. The number of nitrogens with zero attached hydrogens (tertiary/aromatic N) is 2. The third kappa shape index (κ3) is 2.48. The Morgan fingerprint density at radius 1 is 1.56 bits per heavy atom. The predicted octanol–water partition coefficient (Wildman–Crippen LogP) is 1.72. The Bertz CT molecular complexity index is 430. The van der Waals surface area contributed by atoms with Gasteiger partial charge in [-0.15, -0.1) is 0 Å². The van der Waals surface area contributed by atoms with Crippen LogP contribution in [0.3, 0.4) is 0 Å². The van der Waals surface area contributed by atoms with E-state index in [0.29, 0.717) is 6.42 Å². The van der Waals surface area contributed by atoms with Crippen molar-refractivity contribution in [2.45, 2.75) is 58.5 Å². The number of aromatic nitrogens is 2. The zero-order valence-electron chi connectivity index (χ0n) is 11.6. The summed E-state index contributed by atoms with van der Waals surface area (Å²) in [6.45, 7) is 7.96. The van der Waals surface area contributed by atoms with Crippen LogP contribution in [0.25, 0.3) is 0 Å². The van der Waals surface area contributed by atoms with E-state index in [1.807, 2.05) is 11.6 Å². The van der Waals surface area contributed by atoms with Crippen molar-refractivity contribution < 1.29 is 4.79 Å². The molecule has 0 aliphatic carbocycles. The van der Waals surface area contributed by atoms with Gasteiger partial charge in [0.1, 0.15) is 0 Å². The van der Waals surface area contributed by atoms with Gasteiger partial charge >= 0.3 is 0 Å². The molecule has 0 bridgehead atoms. The number of Topliss-reactive ketones (excluding diaryl/α,β-unsaturated/α-hetero) is 1. The maximum absolute atomic E-state index is 12.4. The third-order valence-corrected chi connectivity index (χ3v) is 3.90. The number of ketones is 1. The molecule has 1 saturated heterocycles. The van der Waals surface area contributed by atoms with Crippen LogP contribution in [0.2, 0.25) is 0 Å². The fourth-order valence-corrected chi connectivity index (χ4v) is 2.60. The molecule has 1 aromatic rings. The van der Waals surface area contributed by atoms with E-state index >= 15 is 0 Å². The lowest BCUT2D eigenvalue weighted by Crippen LogP contribution is -2.45. The molecule has 4 nitrogen and oxygen atoms in total. The Labute approximate surface area is 109 Å². The Morgan fingerprint density at radius 3 is 2.89 bits per heavy atom. The van der Waals surface area contributed by atoms with Crippen molar-refractivity contribution in [3.05, 3.63) is 17.5 Å². The molecule has 1 N–H and O–H groups in total. The highest BCUT2D eigenvalue weighted by Gasteiger charge is 2.35. The lowest BCUT2D eigenvalue weighted by Gasteiger charge is -2.22. The first-order chi connectivity index (χ1) is 8.59. The number of hydrogen-bond donors (Lipinski definition) is 1. The molecule has 18 heavy (non-hydrogen) atoms. The van der Waals surface area contributed by atoms with Gasteiger partial charge in [0.2, 0.25) is 0 Å². The van der Waals surface area contributed by atoms with E-state index in [1.165, 1.54) is 0 Å². The Hall–Kier alpha value is -1.16. The van der Waals surface area contributed by atoms with Crippen LogP contribution >= 0.6 is 0 Å². The molecule has 1 aromatic heterocycles. The summed E-state index contributed by atoms with van der Waals surface area (Å²) in [5, 5.41) is 7.83. The number of nitrogens with one attached hydrogen (secondary N) is 1. The van der Waals surface area contributed by atoms with Gasteiger partial charge in [0.05, 0.1) is 17.7 Å². The van der Waals surface area contributed by atoms with Crippen LogP contribution < -0.4 is 5.32 Å². The molecule has 1 fully saturated rings. The van der Waals surface area contributed by atoms with E-state index < -0.39 is 0 Å². The molecule has 1 aliphatic heterocycles. The maximum Gasteiger partial charge on any atom is 0.158 e. The van der Waals surface area contributed by atoms with Crippen molar-refractivity contribution in [2.75, 3.05) is 6.54 Å². The minimum atomic E-state index is -0.324. The highest BCUT2D eigenvalue weighted by molar-refractivity contribution is 5.89. The maximum atomic E-state index is 12.4. The largest absolute Gasteiger partial charge is 0.305 e. The van der Waals surface area contributed by atoms with Crippen LogP contribution in [-0.4, -0.2) is 27.6 Å². The Morgan fingerprint density at radius 2 is 2.33 bits per heavy atom. The molecule has 0 aromatic carbocycles. The first-order valence-corrected chi connectivity index (χ1v) is 6.93. The second-order valence-electron chi connectivity index (χ2n) is 5.26. The van der Waals surface area contributed by atoms with E-state index in [-0.39, 0.29) is 11.3 Å². The summed E-state index contributed by atoms with van der Waals surface area (Å²) in [7, 11) is 0. The molecule has 100 valence electrons. The minimum Gasteiger partial charge on any atom is -0.305 e. The summed E-state index contributed by atoms with van der Waals surface area (Å²) in [6.07, 6.45) is 3.45. The zero-order valence-corrected chi connectivity index (χ0v) is 11.6. The van der Waals surface area contributed by atoms with Crippen LogP contribution in [0.1, 0.15) is 45.0 Å². The monoisotopic (exact) mass is 249 g/mol. The molecule has 1 unspecified atom stereocenters. The van der Waals surface area contributed by atoms with Crippen molar-refractivity contribution >= 4 is 5.78 Å². The number of hydrogen-bond acceptors (Lipinski definition) is 3. The molecule has 1 aliphatic rings. The summed E-state index contributed by atoms with van der Waals surface area (Å²) in [4.78, 5) is 12.4. The fourth-order valence-electron chi connectivity index (χ4n) is 2.60. The van der Waals surface area contributed by atoms with Crippen LogP contribution in [0, 0.1) is 0 Å². The van der Waals surface area contributed by atoms with Gasteiger partial charge in [0, 0.05) is 12.2 Å². The van der Waals surface area contributed by atoms with E-state index in [0.717, 1.165) is 43.7 Å². The lowest BCUT2D eigenvalue weighted by molar-refractivity contribution is -0.123. The molecule has 4 heteroatoms. The van der Waals surface area contributed by atoms with E-state index in [1.54, 1.807) is 0 Å². The standard InChI is InChI=1S/C14H23N3O/c1-4-11-9-12(17(5-2)16-11)10-13(18)14(3)7-6-8-15-14/h9,15H,4-8,10H2,1-3H3. The summed E-state index contributed by atoms with van der Waals surface area (Å²) in [6, 6.07) is 2.07. The minimum absolute atomic E-state index is 0.289. The predicted molar refractivity (Wildman–Crippen MR) is 71.6 cm³/mol. The van der Waals surface area contributed by atoms with Gasteiger partial charge in [-0.3, -0.25) is 9.48 Å². The van der Waals surface area contributed by atoms with Gasteiger partial charge in [0.15, 0.2) is 5.78 Å². The third-order valence-electron chi connectivity index (χ3n) is 3.90. The molecular formula is C14H23N3O. The molecule has 0 amide bonds. The van der Waals surface area contributed by atoms with E-state index in [9.17, 15) is 4.79 Å². The van der Waals surface area contributed by atoms with Crippen molar-refractivity contribution in [1.29, 1.82) is 0 Å². The van der Waals surface area contributed by atoms with Gasteiger partial charge in [0.25, 0.3) is 0 Å². The number of carbonyl (C=O) groups excluding carboxylic acids is 1. The first kappa shape index (κ1) is 13.3. The topological polar surface area (TPSA) is 46.9 Å². The number of aryl methyl sites for hydroxylation is 2. The lowest BCUT2D eigenvalue weighted by atomic mass is 9.91. The normalized spacial score (nSPS) is 23.5. The zero-order chi connectivity index (χ0) is 13.2. The number of carbonyl (C=O) groups is 1. The van der Waals surface area contributed by atoms with Crippen LogP contribution in [-0.2, 0) is 24.2 Å². The van der Waals surface area contributed by atoms with Crippen molar-refractivity contribution in [3.63, 3.8) is 0 Å². The molecule has 0 radical (unpaired) electrons. The summed E-state index contributed by atoms with van der Waals surface area (Å²) in [5.74, 6) is 0.289. The van der Waals surface area contributed by atoms with E-state index in [2.05, 4.69) is 30.3 Å². The smallest absolute Gasteiger partial charge is 0.158 e. The highest BCUT2D eigenvalue weighted by Crippen LogP contribution is 2.21. The van der Waals surface area contributed by atoms with Gasteiger partial charge in [-0.25, -0.2) is 0 Å². The van der Waals surface area contributed by atoms with Crippen molar-refractivity contribution in [1.82, 2.24) is 15.1 Å². The second-order valence-corrected chi connectivity index (χ2v) is 5.26. The molecule has 2 rings (SSSR count). The summed E-state index contributed by atoms with van der Waals surface area (Å²) in [5.41, 5.74) is 1.80. The van der Waals surface area contributed by atoms with Gasteiger partial charge < -0.3 is 5.32 Å². The summed E-state index contributed by atoms with van der Waals surface area (Å²) < 4.78 is 1.95. The second kappa shape index (κ2) is 5.22. The average Bonchev–Trinajstić information content (AvgIpc) is 2.96. The quantitative estimate of drug-likeness (QED) is 0.864. The SMILES string of the molecule is CCc1cc(CC(=O)C2(C)CCCN2)n(CC)n1. The molecule has 0 saturated carbocycles. The summed E-state index contributed by atoms with van der Waals surface area (Å²) >= 11 is 0. The molecular weight excluding hydrogens is 226 g/mol. The van der Waals surface area contributed by atoms with Crippen molar-refractivity contribution in [2.24, 2.45) is 0 Å².